The molecule has 1 aliphatic rings. The number of carboxylic acid groups (broad SMARTS) is 1. The van der Waals surface area contributed by atoms with Crippen LogP contribution in [0.1, 0.15) is 52.4 Å². The summed E-state index contributed by atoms with van der Waals surface area (Å²) in [6.07, 6.45) is 6.66. The Morgan fingerprint density at radius 2 is 1.81 bits per heavy atom. The summed E-state index contributed by atoms with van der Waals surface area (Å²) in [5.74, 6) is -3.43. The van der Waals surface area contributed by atoms with Gasteiger partial charge in [-0.25, -0.2) is 4.79 Å². The van der Waals surface area contributed by atoms with Crippen molar-refractivity contribution >= 4 is 17.8 Å². The van der Waals surface area contributed by atoms with Crippen LogP contribution in [0.2, 0.25) is 0 Å². The molecule has 0 aromatic heterocycles. The van der Waals surface area contributed by atoms with E-state index in [2.05, 4.69) is 11.4 Å². The van der Waals surface area contributed by atoms with Crippen LogP contribution in [0.3, 0.4) is 0 Å². The zero-order chi connectivity index (χ0) is 19.7. The summed E-state index contributed by atoms with van der Waals surface area (Å²) in [7, 11) is 1.71. The fourth-order valence-corrected chi connectivity index (χ4v) is 3.03. The molecule has 0 spiro atoms. The second-order valence-corrected chi connectivity index (χ2v) is 7.28. The first kappa shape index (κ1) is 22.2. The molecule has 0 radical (unpaired) electrons. The number of hydrogen-bond acceptors (Lipinski definition) is 4. The summed E-state index contributed by atoms with van der Waals surface area (Å²) in [5.41, 5.74) is 0. The molecule has 1 rings (SSSR count). The number of nitrogens with zero attached hydrogens (tertiary/aromatic N) is 1. The summed E-state index contributed by atoms with van der Waals surface area (Å²) >= 11 is 0. The lowest BCUT2D eigenvalue weighted by Crippen LogP contribution is -2.53. The average molecular weight is 368 g/mol. The van der Waals surface area contributed by atoms with Gasteiger partial charge in [-0.1, -0.05) is 26.0 Å². The van der Waals surface area contributed by atoms with E-state index in [0.717, 1.165) is 25.7 Å². The van der Waals surface area contributed by atoms with Gasteiger partial charge in [0.15, 0.2) is 6.10 Å². The summed E-state index contributed by atoms with van der Waals surface area (Å²) in [6.45, 7) is 4.27. The number of carbonyl (C=O) groups excluding carboxylic acids is 2. The molecular formula is C19H32N2O5. The number of hydrogen-bond donors (Lipinski definition) is 3. The van der Waals surface area contributed by atoms with Gasteiger partial charge in [-0.05, 0) is 44.4 Å². The first-order valence-electron chi connectivity index (χ1n) is 9.37. The largest absolute Gasteiger partial charge is 0.479 e. The Bertz CT molecular complexity index is 518. The lowest BCUT2D eigenvalue weighted by Gasteiger charge is -2.29. The van der Waals surface area contributed by atoms with Gasteiger partial charge >= 0.3 is 5.97 Å². The van der Waals surface area contributed by atoms with E-state index in [-0.39, 0.29) is 18.2 Å². The van der Waals surface area contributed by atoms with Crippen LogP contribution in [-0.4, -0.2) is 58.6 Å². The minimum absolute atomic E-state index is 0.145. The molecule has 2 amide bonds. The Hall–Kier alpha value is -1.89. The highest BCUT2D eigenvalue weighted by molar-refractivity contribution is 5.91. The maximum Gasteiger partial charge on any atom is 0.333 e. The molecule has 7 heteroatoms. The highest BCUT2D eigenvalue weighted by Gasteiger charge is 2.35. The number of carbonyl (C=O) groups is 3. The zero-order valence-electron chi connectivity index (χ0n) is 16.0. The summed E-state index contributed by atoms with van der Waals surface area (Å²) in [6, 6.07) is -0.737. The van der Waals surface area contributed by atoms with Gasteiger partial charge in [0, 0.05) is 13.6 Å². The zero-order valence-corrected chi connectivity index (χ0v) is 16.0. The normalized spacial score (nSPS) is 25.3. The first-order chi connectivity index (χ1) is 12.3. The summed E-state index contributed by atoms with van der Waals surface area (Å²) in [4.78, 5) is 38.1. The standard InChI is InChI=1S/C19H32N2O5/c1-13(2)15-18(24)21(3)12-10-8-6-4-5-7-9-11-14(17(23)20-15)16(22)19(25)26/h4-5,13-16,22H,6-12H2,1-3H3,(H,20,23)(H,25,26)/t14-,15+,16?/m1/s1. The van der Waals surface area contributed by atoms with Crippen molar-refractivity contribution in [1.29, 1.82) is 0 Å². The molecule has 0 aromatic rings. The van der Waals surface area contributed by atoms with E-state index in [0.29, 0.717) is 13.0 Å². The van der Waals surface area contributed by atoms with Crippen molar-refractivity contribution in [2.45, 2.75) is 64.5 Å². The third kappa shape index (κ3) is 6.78. The van der Waals surface area contributed by atoms with Crippen LogP contribution in [0.15, 0.2) is 12.2 Å². The molecule has 3 N–H and O–H groups in total. The molecule has 0 saturated carbocycles. The number of nitrogens with one attached hydrogen (secondary N) is 1. The van der Waals surface area contributed by atoms with Gasteiger partial charge in [0.1, 0.15) is 6.04 Å². The lowest BCUT2D eigenvalue weighted by atomic mass is 9.93. The number of aliphatic hydroxyl groups excluding tert-OH is 1. The van der Waals surface area contributed by atoms with Gasteiger partial charge in [0.25, 0.3) is 0 Å². The minimum atomic E-state index is -1.78. The van der Waals surface area contributed by atoms with E-state index in [1.165, 1.54) is 0 Å². The Balaban J connectivity index is 3.02. The van der Waals surface area contributed by atoms with E-state index < -0.39 is 29.9 Å². The Morgan fingerprint density at radius 3 is 2.38 bits per heavy atom. The van der Waals surface area contributed by atoms with Crippen LogP contribution in [0.4, 0.5) is 0 Å². The number of amides is 2. The molecule has 0 aromatic carbocycles. The van der Waals surface area contributed by atoms with Gasteiger partial charge in [-0.3, -0.25) is 9.59 Å². The fourth-order valence-electron chi connectivity index (χ4n) is 3.03. The number of aliphatic hydroxyl groups is 1. The maximum absolute atomic E-state index is 12.7. The maximum atomic E-state index is 12.7. The number of carboxylic acids is 1. The summed E-state index contributed by atoms with van der Waals surface area (Å²) in [5, 5.41) is 21.7. The second-order valence-electron chi connectivity index (χ2n) is 7.28. The highest BCUT2D eigenvalue weighted by Crippen LogP contribution is 2.17. The number of aliphatic carboxylic acids is 1. The molecule has 1 unspecified atom stereocenters. The molecule has 1 aliphatic heterocycles. The van der Waals surface area contributed by atoms with E-state index in [4.69, 9.17) is 5.11 Å². The van der Waals surface area contributed by atoms with Crippen molar-refractivity contribution in [3.63, 3.8) is 0 Å². The third-order valence-corrected chi connectivity index (χ3v) is 4.74. The topological polar surface area (TPSA) is 107 Å². The van der Waals surface area contributed by atoms with Gasteiger partial charge in [0.2, 0.25) is 11.8 Å². The number of likely N-dealkylation sites (N-methyl/N-ethyl adjacent to an activating group) is 1. The van der Waals surface area contributed by atoms with Crippen molar-refractivity contribution in [1.82, 2.24) is 10.2 Å². The Labute approximate surface area is 155 Å². The Kier molecular flexibility index (Phi) is 9.34. The quantitative estimate of drug-likeness (QED) is 0.655. The van der Waals surface area contributed by atoms with Crippen molar-refractivity contribution in [3.8, 4) is 0 Å². The molecule has 7 nitrogen and oxygen atoms in total. The van der Waals surface area contributed by atoms with E-state index in [1.807, 2.05) is 19.9 Å². The molecule has 0 aliphatic carbocycles. The average Bonchev–Trinajstić information content (AvgIpc) is 2.59. The molecular weight excluding hydrogens is 336 g/mol. The van der Waals surface area contributed by atoms with Gasteiger partial charge in [-0.2, -0.15) is 0 Å². The van der Waals surface area contributed by atoms with Crippen molar-refractivity contribution in [3.05, 3.63) is 12.2 Å². The SMILES string of the molecule is CC(C)[C@@H]1NC(=O)[C@@H](C(O)C(=O)O)CCCC=CCCCCN(C)C1=O. The van der Waals surface area contributed by atoms with Gasteiger partial charge in [0.05, 0.1) is 5.92 Å². The van der Waals surface area contributed by atoms with Crippen molar-refractivity contribution in [2.24, 2.45) is 11.8 Å². The van der Waals surface area contributed by atoms with Crippen molar-refractivity contribution < 1.29 is 24.6 Å². The number of rotatable bonds is 3. The predicted octanol–water partition coefficient (Wildman–Crippen LogP) is 1.56. The van der Waals surface area contributed by atoms with E-state index in [1.54, 1.807) is 11.9 Å². The smallest absolute Gasteiger partial charge is 0.333 e. The van der Waals surface area contributed by atoms with Crippen LogP contribution in [0.5, 0.6) is 0 Å². The fraction of sp³-hybridized carbons (Fsp3) is 0.737. The predicted molar refractivity (Wildman–Crippen MR) is 98.4 cm³/mol. The third-order valence-electron chi connectivity index (χ3n) is 4.74. The molecule has 0 saturated heterocycles. The van der Waals surface area contributed by atoms with Crippen molar-refractivity contribution in [2.75, 3.05) is 13.6 Å². The van der Waals surface area contributed by atoms with Crippen LogP contribution >= 0.6 is 0 Å². The molecule has 26 heavy (non-hydrogen) atoms. The van der Waals surface area contributed by atoms with Crippen LogP contribution in [0, 0.1) is 11.8 Å². The minimum Gasteiger partial charge on any atom is -0.479 e. The molecule has 0 fully saturated rings. The monoisotopic (exact) mass is 368 g/mol. The van der Waals surface area contributed by atoms with Crippen LogP contribution in [0.25, 0.3) is 0 Å². The highest BCUT2D eigenvalue weighted by atomic mass is 16.4. The Morgan fingerprint density at radius 1 is 1.19 bits per heavy atom. The molecule has 148 valence electrons. The van der Waals surface area contributed by atoms with Crippen LogP contribution < -0.4 is 5.32 Å². The van der Waals surface area contributed by atoms with Gasteiger partial charge in [-0.15, -0.1) is 0 Å². The summed E-state index contributed by atoms with van der Waals surface area (Å²) < 4.78 is 0. The second kappa shape index (κ2) is 11.0. The molecule has 0 bridgehead atoms. The molecule has 3 atom stereocenters. The lowest BCUT2D eigenvalue weighted by molar-refractivity contribution is -0.154. The van der Waals surface area contributed by atoms with Gasteiger partial charge < -0.3 is 20.4 Å². The van der Waals surface area contributed by atoms with E-state index in [9.17, 15) is 19.5 Å². The van der Waals surface area contributed by atoms with E-state index >= 15 is 0 Å². The molecule has 1 heterocycles. The first-order valence-corrected chi connectivity index (χ1v) is 9.37. The van der Waals surface area contributed by atoms with Crippen LogP contribution in [-0.2, 0) is 14.4 Å². The number of allylic oxidation sites excluding steroid dienone is 2.